The fourth-order valence-electron chi connectivity index (χ4n) is 1.37. The molecule has 1 rings (SSSR count). The summed E-state index contributed by atoms with van der Waals surface area (Å²) >= 11 is 0. The smallest absolute Gasteiger partial charge is 0.253 e. The first-order valence-electron chi connectivity index (χ1n) is 6.09. The average molecular weight is 267 g/mol. The fraction of sp³-hybridized carbons (Fsp3) is 0.538. The van der Waals surface area contributed by atoms with Gasteiger partial charge in [-0.05, 0) is 19.0 Å². The minimum atomic E-state index is -1.09. The number of carbonyl (C=O) groups is 1. The maximum Gasteiger partial charge on any atom is 0.253 e. The van der Waals surface area contributed by atoms with Crippen molar-refractivity contribution in [1.29, 1.82) is 0 Å². The summed E-state index contributed by atoms with van der Waals surface area (Å²) in [5, 5.41) is 0. The topological polar surface area (TPSA) is 48.3 Å². The van der Waals surface area contributed by atoms with E-state index in [1.807, 2.05) is 0 Å². The number of carbonyl (C=O) groups excluding carboxylic acids is 1. The summed E-state index contributed by atoms with van der Waals surface area (Å²) in [7, 11) is -1.09. The summed E-state index contributed by atoms with van der Waals surface area (Å²) in [6.07, 6.45) is 1.60. The van der Waals surface area contributed by atoms with Crippen molar-refractivity contribution in [2.45, 2.75) is 39.3 Å². The molecule has 0 bridgehead atoms. The predicted octanol–water partition coefficient (Wildman–Crippen LogP) is 2.36. The highest BCUT2D eigenvalue weighted by molar-refractivity contribution is 6.76. The van der Waals surface area contributed by atoms with Gasteiger partial charge in [0.25, 0.3) is 5.56 Å². The Hall–Kier alpha value is -1.20. The van der Waals surface area contributed by atoms with Crippen LogP contribution in [0.25, 0.3) is 0 Å². The van der Waals surface area contributed by atoms with Gasteiger partial charge in [0, 0.05) is 32.5 Å². The second-order valence-electron chi connectivity index (χ2n) is 5.63. The zero-order chi connectivity index (χ0) is 13.8. The largest absolute Gasteiger partial charge is 0.361 e. The van der Waals surface area contributed by atoms with Crippen LogP contribution in [0.2, 0.25) is 25.7 Å². The third-order valence-corrected chi connectivity index (χ3v) is 4.33. The number of rotatable bonds is 6. The molecule has 0 aliphatic rings. The van der Waals surface area contributed by atoms with Crippen LogP contribution >= 0.6 is 0 Å². The number of nitrogens with zero attached hydrogens (tertiary/aromatic N) is 1. The van der Waals surface area contributed by atoms with Gasteiger partial charge in [-0.15, -0.1) is 0 Å². The Morgan fingerprint density at radius 2 is 2.06 bits per heavy atom. The van der Waals surface area contributed by atoms with Crippen LogP contribution in [0, 0.1) is 0 Å². The van der Waals surface area contributed by atoms with E-state index in [0.29, 0.717) is 12.2 Å². The van der Waals surface area contributed by atoms with Crippen molar-refractivity contribution in [1.82, 2.24) is 4.57 Å². The van der Waals surface area contributed by atoms with Crippen molar-refractivity contribution < 1.29 is 9.53 Å². The Balaban J connectivity index is 2.54. The molecule has 0 aliphatic heterocycles. The van der Waals surface area contributed by atoms with Crippen LogP contribution < -0.4 is 5.56 Å². The highest BCUT2D eigenvalue weighted by Gasteiger charge is 2.12. The second-order valence-corrected chi connectivity index (χ2v) is 11.2. The van der Waals surface area contributed by atoms with Gasteiger partial charge in [0.15, 0.2) is 5.78 Å². The van der Waals surface area contributed by atoms with Crippen molar-refractivity contribution >= 4 is 13.9 Å². The van der Waals surface area contributed by atoms with Gasteiger partial charge in [0.2, 0.25) is 0 Å². The van der Waals surface area contributed by atoms with E-state index in [2.05, 4.69) is 19.6 Å². The molecule has 0 amide bonds. The summed E-state index contributed by atoms with van der Waals surface area (Å²) in [4.78, 5) is 22.8. The van der Waals surface area contributed by atoms with E-state index in [4.69, 9.17) is 4.74 Å². The zero-order valence-electron chi connectivity index (χ0n) is 11.5. The molecule has 0 N–H and O–H groups in total. The number of hydrogen-bond donors (Lipinski definition) is 0. The van der Waals surface area contributed by atoms with Crippen LogP contribution in [-0.2, 0) is 11.5 Å². The number of Topliss-reactive ketones (excluding diaryl/α,β-unsaturated/α-hetero) is 1. The molecule has 0 unspecified atom stereocenters. The van der Waals surface area contributed by atoms with E-state index in [0.717, 1.165) is 6.04 Å². The normalized spacial score (nSPS) is 11.6. The number of hydrogen-bond acceptors (Lipinski definition) is 3. The van der Waals surface area contributed by atoms with E-state index in [-0.39, 0.29) is 18.1 Å². The number of ether oxygens (including phenoxy) is 1. The quantitative estimate of drug-likeness (QED) is 0.451. The summed E-state index contributed by atoms with van der Waals surface area (Å²) in [5.41, 5.74) is 0.244. The van der Waals surface area contributed by atoms with Crippen LogP contribution in [0.3, 0.4) is 0 Å². The van der Waals surface area contributed by atoms with Gasteiger partial charge >= 0.3 is 0 Å². The van der Waals surface area contributed by atoms with Crippen LogP contribution in [-0.4, -0.2) is 25.0 Å². The first-order valence-corrected chi connectivity index (χ1v) is 9.79. The summed E-state index contributed by atoms with van der Waals surface area (Å²) in [6, 6.07) is 4.07. The standard InChI is InChI=1S/C13H21NO3Si/c1-11(15)12-5-6-14(13(16)9-12)10-17-7-8-18(2,3)4/h5-6,9H,7-8,10H2,1-4H3. The summed E-state index contributed by atoms with van der Waals surface area (Å²) in [6.45, 7) is 9.22. The van der Waals surface area contributed by atoms with E-state index >= 15 is 0 Å². The lowest BCUT2D eigenvalue weighted by molar-refractivity contribution is 0.0845. The molecule has 0 aliphatic carbocycles. The molecule has 100 valence electrons. The van der Waals surface area contributed by atoms with Crippen molar-refractivity contribution in [3.63, 3.8) is 0 Å². The van der Waals surface area contributed by atoms with Gasteiger partial charge in [-0.3, -0.25) is 14.2 Å². The molecule has 1 aromatic heterocycles. The maximum atomic E-state index is 11.7. The molecule has 1 aromatic rings. The van der Waals surface area contributed by atoms with Crippen molar-refractivity contribution in [2.24, 2.45) is 0 Å². The average Bonchev–Trinajstić information content (AvgIpc) is 2.24. The maximum absolute atomic E-state index is 11.7. The molecule has 4 nitrogen and oxygen atoms in total. The van der Waals surface area contributed by atoms with Gasteiger partial charge in [0.05, 0.1) is 0 Å². The van der Waals surface area contributed by atoms with Crippen molar-refractivity contribution in [3.05, 3.63) is 34.2 Å². The van der Waals surface area contributed by atoms with Crippen LogP contribution in [0.1, 0.15) is 17.3 Å². The number of ketones is 1. The molecular formula is C13H21NO3Si. The van der Waals surface area contributed by atoms with Crippen molar-refractivity contribution in [2.75, 3.05) is 6.61 Å². The highest BCUT2D eigenvalue weighted by atomic mass is 28.3. The minimum Gasteiger partial charge on any atom is -0.361 e. The lowest BCUT2D eigenvalue weighted by Gasteiger charge is -2.15. The molecule has 1 heterocycles. The first-order chi connectivity index (χ1) is 8.29. The van der Waals surface area contributed by atoms with Crippen LogP contribution in [0.15, 0.2) is 23.1 Å². The first kappa shape index (κ1) is 14.9. The van der Waals surface area contributed by atoms with Crippen molar-refractivity contribution in [3.8, 4) is 0 Å². The van der Waals surface area contributed by atoms with E-state index < -0.39 is 8.07 Å². The molecule has 0 spiro atoms. The predicted molar refractivity (Wildman–Crippen MR) is 74.8 cm³/mol. The van der Waals surface area contributed by atoms with Crippen LogP contribution in [0.5, 0.6) is 0 Å². The second kappa shape index (κ2) is 6.11. The van der Waals surface area contributed by atoms with Gasteiger partial charge < -0.3 is 4.74 Å². The van der Waals surface area contributed by atoms with Gasteiger partial charge in [-0.2, -0.15) is 0 Å². The summed E-state index contributed by atoms with van der Waals surface area (Å²) < 4.78 is 6.96. The fourth-order valence-corrected chi connectivity index (χ4v) is 2.13. The van der Waals surface area contributed by atoms with Gasteiger partial charge in [-0.25, -0.2) is 0 Å². The Morgan fingerprint density at radius 3 is 2.56 bits per heavy atom. The van der Waals surface area contributed by atoms with E-state index in [1.54, 1.807) is 12.3 Å². The monoisotopic (exact) mass is 267 g/mol. The molecular weight excluding hydrogens is 246 g/mol. The molecule has 0 saturated heterocycles. The Labute approximate surface area is 109 Å². The third kappa shape index (κ3) is 4.97. The highest BCUT2D eigenvalue weighted by Crippen LogP contribution is 2.07. The molecule has 0 atom stereocenters. The minimum absolute atomic E-state index is 0.0982. The molecule has 0 radical (unpaired) electrons. The van der Waals surface area contributed by atoms with Crippen LogP contribution in [0.4, 0.5) is 0 Å². The van der Waals surface area contributed by atoms with Gasteiger partial charge in [-0.1, -0.05) is 19.6 Å². The molecule has 0 saturated carbocycles. The SMILES string of the molecule is CC(=O)c1ccn(COCC[Si](C)(C)C)c(=O)c1. The van der Waals surface area contributed by atoms with E-state index in [1.165, 1.54) is 17.6 Å². The molecule has 0 aromatic carbocycles. The van der Waals surface area contributed by atoms with Gasteiger partial charge in [0.1, 0.15) is 6.73 Å². The lowest BCUT2D eigenvalue weighted by atomic mass is 10.2. The molecule has 0 fully saturated rings. The Bertz CT molecular complexity index is 474. The lowest BCUT2D eigenvalue weighted by Crippen LogP contribution is -2.24. The Morgan fingerprint density at radius 1 is 1.39 bits per heavy atom. The molecule has 18 heavy (non-hydrogen) atoms. The Kier molecular flexibility index (Phi) is 5.04. The van der Waals surface area contributed by atoms with E-state index in [9.17, 15) is 9.59 Å². The number of aromatic nitrogens is 1. The summed E-state index contributed by atoms with van der Waals surface area (Å²) in [5.74, 6) is -0.0982. The zero-order valence-corrected chi connectivity index (χ0v) is 12.5. The number of pyridine rings is 1. The third-order valence-electron chi connectivity index (χ3n) is 2.63. The molecule has 5 heteroatoms.